The van der Waals surface area contributed by atoms with E-state index in [0.29, 0.717) is 12.5 Å². The van der Waals surface area contributed by atoms with Gasteiger partial charge in [0.2, 0.25) is 5.91 Å². The van der Waals surface area contributed by atoms with E-state index < -0.39 is 0 Å². The molecule has 3 aromatic rings. The molecule has 1 amide bonds. The first-order valence-electron chi connectivity index (χ1n) is 10.4. The lowest BCUT2D eigenvalue weighted by molar-refractivity contribution is -0.126. The maximum Gasteiger partial charge on any atom is 0.237 e. The fourth-order valence-electron chi connectivity index (χ4n) is 4.31. The van der Waals surface area contributed by atoms with Gasteiger partial charge >= 0.3 is 0 Å². The zero-order chi connectivity index (χ0) is 20.2. The van der Waals surface area contributed by atoms with Gasteiger partial charge in [0.05, 0.1) is 13.2 Å². The first-order valence-corrected chi connectivity index (χ1v) is 10.4. The molecular weight excluding hydrogens is 362 g/mol. The van der Waals surface area contributed by atoms with Gasteiger partial charge in [-0.1, -0.05) is 30.3 Å². The maximum absolute atomic E-state index is 12.7. The normalized spacial score (nSPS) is 16.6. The van der Waals surface area contributed by atoms with E-state index in [2.05, 4.69) is 45.7 Å². The molecule has 0 radical (unpaired) electrons. The number of aromatic amines is 1. The fourth-order valence-corrected chi connectivity index (χ4v) is 4.31. The molecule has 29 heavy (non-hydrogen) atoms. The van der Waals surface area contributed by atoms with Crippen LogP contribution in [0.15, 0.2) is 54.7 Å². The Balaban J connectivity index is 1.31. The summed E-state index contributed by atoms with van der Waals surface area (Å²) in [6, 6.07) is 16.2. The summed E-state index contributed by atoms with van der Waals surface area (Å²) in [5.41, 5.74) is 3.66. The number of aromatic nitrogens is 1. The second-order valence-electron chi connectivity index (χ2n) is 7.85. The van der Waals surface area contributed by atoms with Crippen LogP contribution in [-0.4, -0.2) is 42.0 Å². The Morgan fingerprint density at radius 3 is 2.79 bits per heavy atom. The molecule has 1 aliphatic rings. The molecule has 0 saturated carbocycles. The smallest absolute Gasteiger partial charge is 0.237 e. The fraction of sp³-hybridized carbons (Fsp3) is 0.375. The first-order chi connectivity index (χ1) is 14.2. The van der Waals surface area contributed by atoms with Gasteiger partial charge in [-0.15, -0.1) is 0 Å². The molecule has 0 spiro atoms. The van der Waals surface area contributed by atoms with Crippen LogP contribution in [0.25, 0.3) is 10.9 Å². The Labute approximate surface area is 172 Å². The number of methoxy groups -OCH3 is 1. The summed E-state index contributed by atoms with van der Waals surface area (Å²) in [6.07, 6.45) is 4.32. The molecule has 2 N–H and O–H groups in total. The number of likely N-dealkylation sites (tertiary alicyclic amines) is 1. The van der Waals surface area contributed by atoms with Crippen molar-refractivity contribution in [1.82, 2.24) is 15.2 Å². The van der Waals surface area contributed by atoms with Crippen molar-refractivity contribution < 1.29 is 9.53 Å². The molecule has 1 aliphatic heterocycles. The number of carbonyl (C=O) groups excluding carboxylic acids is 1. The summed E-state index contributed by atoms with van der Waals surface area (Å²) in [4.78, 5) is 18.4. The van der Waals surface area contributed by atoms with E-state index in [1.54, 1.807) is 7.11 Å². The minimum Gasteiger partial charge on any atom is -0.497 e. The van der Waals surface area contributed by atoms with Gasteiger partial charge in [-0.25, -0.2) is 0 Å². The summed E-state index contributed by atoms with van der Waals surface area (Å²) in [5, 5.41) is 4.40. The molecule has 2 heterocycles. The third kappa shape index (κ3) is 4.30. The van der Waals surface area contributed by atoms with E-state index in [9.17, 15) is 4.79 Å². The van der Waals surface area contributed by atoms with E-state index in [4.69, 9.17) is 4.74 Å². The van der Waals surface area contributed by atoms with Gasteiger partial charge in [0.1, 0.15) is 5.75 Å². The summed E-state index contributed by atoms with van der Waals surface area (Å²) in [7, 11) is 1.65. The molecule has 1 atom stereocenters. The highest BCUT2D eigenvalue weighted by atomic mass is 16.5. The quantitative estimate of drug-likeness (QED) is 0.666. The van der Waals surface area contributed by atoms with Crippen molar-refractivity contribution in [3.63, 3.8) is 0 Å². The lowest BCUT2D eigenvalue weighted by Gasteiger charge is -2.35. The summed E-state index contributed by atoms with van der Waals surface area (Å²) < 4.78 is 5.25. The van der Waals surface area contributed by atoms with Crippen molar-refractivity contribution >= 4 is 16.8 Å². The topological polar surface area (TPSA) is 57.4 Å². The SMILES string of the molecule is COc1cccc(CNC(=O)C(C)N2CCC(c3c[nH]c4ccccc34)CC2)c1. The Kier molecular flexibility index (Phi) is 5.86. The average molecular weight is 392 g/mol. The minimum absolute atomic E-state index is 0.0818. The van der Waals surface area contributed by atoms with E-state index in [0.717, 1.165) is 37.2 Å². The number of ether oxygens (including phenoxy) is 1. The zero-order valence-electron chi connectivity index (χ0n) is 17.2. The molecule has 2 aromatic carbocycles. The number of rotatable bonds is 6. The number of carbonyl (C=O) groups is 1. The van der Waals surface area contributed by atoms with Crippen LogP contribution in [0, 0.1) is 0 Å². The van der Waals surface area contributed by atoms with Crippen LogP contribution in [0.1, 0.15) is 36.8 Å². The molecule has 1 aromatic heterocycles. The van der Waals surface area contributed by atoms with Crippen LogP contribution < -0.4 is 10.1 Å². The summed E-state index contributed by atoms with van der Waals surface area (Å²) in [6.45, 7) is 4.41. The highest BCUT2D eigenvalue weighted by Crippen LogP contribution is 2.33. The van der Waals surface area contributed by atoms with Crippen LogP contribution in [0.3, 0.4) is 0 Å². The van der Waals surface area contributed by atoms with Gasteiger partial charge in [0, 0.05) is 23.6 Å². The Morgan fingerprint density at radius 2 is 2.00 bits per heavy atom. The van der Waals surface area contributed by atoms with E-state index in [-0.39, 0.29) is 11.9 Å². The maximum atomic E-state index is 12.7. The molecule has 1 unspecified atom stereocenters. The van der Waals surface area contributed by atoms with Crippen LogP contribution >= 0.6 is 0 Å². The summed E-state index contributed by atoms with van der Waals surface area (Å²) >= 11 is 0. The van der Waals surface area contributed by atoms with Gasteiger partial charge in [0.25, 0.3) is 0 Å². The molecular formula is C24H29N3O2. The second-order valence-corrected chi connectivity index (χ2v) is 7.85. The van der Waals surface area contributed by atoms with Gasteiger partial charge in [-0.3, -0.25) is 9.69 Å². The van der Waals surface area contributed by atoms with Gasteiger partial charge in [-0.05, 0) is 68.1 Å². The van der Waals surface area contributed by atoms with Crippen molar-refractivity contribution in [2.45, 2.75) is 38.3 Å². The molecule has 5 nitrogen and oxygen atoms in total. The number of hydrogen-bond acceptors (Lipinski definition) is 3. The molecule has 0 bridgehead atoms. The van der Waals surface area contributed by atoms with E-state index >= 15 is 0 Å². The van der Waals surface area contributed by atoms with Gasteiger partial charge in [0.15, 0.2) is 0 Å². The van der Waals surface area contributed by atoms with Crippen LogP contribution in [0.5, 0.6) is 5.75 Å². The molecule has 152 valence electrons. The lowest BCUT2D eigenvalue weighted by atomic mass is 9.88. The summed E-state index contributed by atoms with van der Waals surface area (Å²) in [5.74, 6) is 1.44. The average Bonchev–Trinajstić information content (AvgIpc) is 3.21. The van der Waals surface area contributed by atoms with E-state index in [1.807, 2.05) is 31.2 Å². The van der Waals surface area contributed by atoms with Crippen LogP contribution in [0.2, 0.25) is 0 Å². The second kappa shape index (κ2) is 8.70. The standard InChI is InChI=1S/C24H29N3O2/c1-17(24(28)26-15-18-6-5-7-20(14-18)29-2)27-12-10-19(11-13-27)22-16-25-23-9-4-3-8-21(22)23/h3-9,14,16-17,19,25H,10-13,15H2,1-2H3,(H,26,28). The Morgan fingerprint density at radius 1 is 1.21 bits per heavy atom. The van der Waals surface area contributed by atoms with E-state index in [1.165, 1.54) is 16.5 Å². The molecule has 1 saturated heterocycles. The van der Waals surface area contributed by atoms with Crippen LogP contribution in [0.4, 0.5) is 0 Å². The van der Waals surface area contributed by atoms with Crippen LogP contribution in [-0.2, 0) is 11.3 Å². The predicted octanol–water partition coefficient (Wildman–Crippen LogP) is 4.06. The van der Waals surface area contributed by atoms with Gasteiger partial charge < -0.3 is 15.0 Å². The Bertz CT molecular complexity index is 973. The first kappa shape index (κ1) is 19.5. The van der Waals surface area contributed by atoms with Crippen molar-refractivity contribution in [2.24, 2.45) is 0 Å². The number of para-hydroxylation sites is 1. The largest absolute Gasteiger partial charge is 0.497 e. The number of fused-ring (bicyclic) bond motifs is 1. The minimum atomic E-state index is -0.121. The predicted molar refractivity (Wildman–Crippen MR) is 116 cm³/mol. The Hall–Kier alpha value is -2.79. The number of nitrogens with one attached hydrogen (secondary N) is 2. The van der Waals surface area contributed by atoms with Crippen molar-refractivity contribution in [3.05, 3.63) is 65.9 Å². The third-order valence-corrected chi connectivity index (χ3v) is 6.12. The number of piperidine rings is 1. The molecule has 1 fully saturated rings. The van der Waals surface area contributed by atoms with Crippen molar-refractivity contribution in [3.8, 4) is 5.75 Å². The monoisotopic (exact) mass is 391 g/mol. The molecule has 4 rings (SSSR count). The highest BCUT2D eigenvalue weighted by Gasteiger charge is 2.28. The van der Waals surface area contributed by atoms with Crippen molar-refractivity contribution in [1.29, 1.82) is 0 Å². The number of benzene rings is 2. The number of nitrogens with zero attached hydrogens (tertiary/aromatic N) is 1. The number of hydrogen-bond donors (Lipinski definition) is 2. The van der Waals surface area contributed by atoms with Crippen molar-refractivity contribution in [2.75, 3.05) is 20.2 Å². The highest BCUT2D eigenvalue weighted by molar-refractivity contribution is 5.83. The van der Waals surface area contributed by atoms with Gasteiger partial charge in [-0.2, -0.15) is 0 Å². The number of amides is 1. The third-order valence-electron chi connectivity index (χ3n) is 6.12. The number of H-pyrrole nitrogens is 1. The molecule has 0 aliphatic carbocycles. The zero-order valence-corrected chi connectivity index (χ0v) is 17.2. The lowest BCUT2D eigenvalue weighted by Crippen LogP contribution is -2.47. The molecule has 5 heteroatoms.